The van der Waals surface area contributed by atoms with E-state index in [2.05, 4.69) is 16.6 Å². The van der Waals surface area contributed by atoms with Crippen molar-refractivity contribution in [2.75, 3.05) is 25.1 Å². The number of nitrogens with one attached hydrogen (secondary N) is 2. The second-order valence-corrected chi connectivity index (χ2v) is 8.36. The van der Waals surface area contributed by atoms with Crippen LogP contribution in [0, 0.1) is 0 Å². The van der Waals surface area contributed by atoms with Crippen molar-refractivity contribution in [2.24, 2.45) is 0 Å². The number of rotatable bonds is 9. The van der Waals surface area contributed by atoms with Crippen molar-refractivity contribution in [3.63, 3.8) is 0 Å². The first-order valence-electron chi connectivity index (χ1n) is 9.34. The average molecular weight is 416 g/mol. The summed E-state index contributed by atoms with van der Waals surface area (Å²) in [4.78, 5) is 12.6. The lowest BCUT2D eigenvalue weighted by molar-refractivity contribution is 0.0680. The molecule has 1 atom stereocenters. The lowest BCUT2D eigenvalue weighted by Gasteiger charge is -2.12. The van der Waals surface area contributed by atoms with E-state index in [9.17, 15) is 13.2 Å². The third-order valence-electron chi connectivity index (χ3n) is 4.40. The summed E-state index contributed by atoms with van der Waals surface area (Å²) in [6, 6.07) is 12.8. The highest BCUT2D eigenvalue weighted by atomic mass is 32.2. The van der Waals surface area contributed by atoms with Crippen molar-refractivity contribution in [3.05, 3.63) is 66.7 Å². The van der Waals surface area contributed by atoms with E-state index in [4.69, 9.17) is 9.47 Å². The van der Waals surface area contributed by atoms with Gasteiger partial charge in [-0.25, -0.2) is 13.1 Å². The Hall–Kier alpha value is -2.68. The number of benzene rings is 2. The van der Waals surface area contributed by atoms with Crippen molar-refractivity contribution in [1.29, 1.82) is 0 Å². The van der Waals surface area contributed by atoms with Crippen LogP contribution >= 0.6 is 0 Å². The third kappa shape index (κ3) is 5.90. The predicted octanol–water partition coefficient (Wildman–Crippen LogP) is 2.96. The quantitative estimate of drug-likeness (QED) is 0.613. The van der Waals surface area contributed by atoms with E-state index in [1.54, 1.807) is 18.2 Å². The van der Waals surface area contributed by atoms with Gasteiger partial charge in [0.25, 0.3) is 5.91 Å². The Balaban J connectivity index is 1.61. The molecule has 1 aliphatic heterocycles. The lowest BCUT2D eigenvalue weighted by Crippen LogP contribution is -2.23. The van der Waals surface area contributed by atoms with E-state index < -0.39 is 10.0 Å². The smallest absolute Gasteiger partial charge is 0.255 e. The molecule has 0 saturated carbocycles. The number of ether oxygens (including phenoxy) is 2. The van der Waals surface area contributed by atoms with Crippen LogP contribution in [0.4, 0.5) is 5.69 Å². The molecule has 1 heterocycles. The number of amides is 1. The molecular formula is C21H24N2O5S. The Morgan fingerprint density at radius 2 is 2.03 bits per heavy atom. The molecule has 0 aromatic heterocycles. The van der Waals surface area contributed by atoms with Crippen molar-refractivity contribution in [1.82, 2.24) is 4.72 Å². The maximum atomic E-state index is 12.5. The van der Waals surface area contributed by atoms with Gasteiger partial charge in [0.2, 0.25) is 10.0 Å². The number of hydrogen-bond donors (Lipinski definition) is 2. The second kappa shape index (κ2) is 9.69. The zero-order chi connectivity index (χ0) is 20.7. The van der Waals surface area contributed by atoms with Gasteiger partial charge in [-0.1, -0.05) is 12.1 Å². The van der Waals surface area contributed by atoms with Gasteiger partial charge in [-0.3, -0.25) is 4.79 Å². The highest BCUT2D eigenvalue weighted by molar-refractivity contribution is 7.89. The van der Waals surface area contributed by atoms with Crippen molar-refractivity contribution < 1.29 is 22.7 Å². The van der Waals surface area contributed by atoms with E-state index >= 15 is 0 Å². The van der Waals surface area contributed by atoms with Gasteiger partial charge in [0.1, 0.15) is 12.4 Å². The van der Waals surface area contributed by atoms with E-state index in [0.29, 0.717) is 23.6 Å². The number of anilines is 1. The van der Waals surface area contributed by atoms with Gasteiger partial charge in [-0.15, -0.1) is 6.58 Å². The topological polar surface area (TPSA) is 93.7 Å². The molecule has 0 radical (unpaired) electrons. The fourth-order valence-corrected chi connectivity index (χ4v) is 3.87. The Morgan fingerprint density at radius 3 is 2.72 bits per heavy atom. The first-order chi connectivity index (χ1) is 14.0. The highest BCUT2D eigenvalue weighted by Crippen LogP contribution is 2.20. The maximum Gasteiger partial charge on any atom is 0.255 e. The molecule has 0 bridgehead atoms. The van der Waals surface area contributed by atoms with Crippen LogP contribution in [0.15, 0.2) is 66.1 Å². The van der Waals surface area contributed by atoms with Gasteiger partial charge in [-0.05, 0) is 49.2 Å². The SMILES string of the molecule is C=CCNS(=O)(=O)c1ccc(C(=O)Nc2cccc(OC[C@H]3CCCO3)c2)cc1. The van der Waals surface area contributed by atoms with Crippen molar-refractivity contribution >= 4 is 21.6 Å². The van der Waals surface area contributed by atoms with Gasteiger partial charge >= 0.3 is 0 Å². The monoisotopic (exact) mass is 416 g/mol. The Morgan fingerprint density at radius 1 is 1.24 bits per heavy atom. The minimum Gasteiger partial charge on any atom is -0.491 e. The molecule has 2 N–H and O–H groups in total. The minimum absolute atomic E-state index is 0.0837. The number of carbonyl (C=O) groups is 1. The average Bonchev–Trinajstić information content (AvgIpc) is 3.25. The summed E-state index contributed by atoms with van der Waals surface area (Å²) in [5.41, 5.74) is 0.933. The largest absolute Gasteiger partial charge is 0.491 e. The van der Waals surface area contributed by atoms with Crippen molar-refractivity contribution in [3.8, 4) is 5.75 Å². The zero-order valence-electron chi connectivity index (χ0n) is 16.0. The Labute approximate surface area is 170 Å². The predicted molar refractivity (Wildman–Crippen MR) is 111 cm³/mol. The van der Waals surface area contributed by atoms with Crippen LogP contribution in [0.3, 0.4) is 0 Å². The second-order valence-electron chi connectivity index (χ2n) is 6.59. The van der Waals surface area contributed by atoms with Crippen LogP contribution in [0.5, 0.6) is 5.75 Å². The van der Waals surface area contributed by atoms with Crippen LogP contribution < -0.4 is 14.8 Å². The summed E-state index contributed by atoms with van der Waals surface area (Å²) in [6.07, 6.45) is 3.61. The molecule has 154 valence electrons. The fraction of sp³-hybridized carbons (Fsp3) is 0.286. The molecule has 3 rings (SSSR count). The van der Waals surface area contributed by atoms with Gasteiger partial charge in [0, 0.05) is 30.5 Å². The molecule has 1 aliphatic rings. The van der Waals surface area contributed by atoms with Crippen LogP contribution in [-0.2, 0) is 14.8 Å². The van der Waals surface area contributed by atoms with Gasteiger partial charge < -0.3 is 14.8 Å². The lowest BCUT2D eigenvalue weighted by atomic mass is 10.2. The van der Waals surface area contributed by atoms with Crippen LogP contribution in [0.25, 0.3) is 0 Å². The van der Waals surface area contributed by atoms with E-state index in [1.807, 2.05) is 6.07 Å². The molecule has 1 amide bonds. The molecule has 7 nitrogen and oxygen atoms in total. The molecule has 2 aromatic carbocycles. The first kappa shape index (κ1) is 21.0. The van der Waals surface area contributed by atoms with E-state index in [-0.39, 0.29) is 23.5 Å². The van der Waals surface area contributed by atoms with E-state index in [1.165, 1.54) is 30.3 Å². The molecule has 2 aromatic rings. The summed E-state index contributed by atoms with van der Waals surface area (Å²) < 4.78 is 37.8. The number of hydrogen-bond acceptors (Lipinski definition) is 5. The standard InChI is InChI=1S/C21H24N2O5S/c1-2-12-22-29(25,26)20-10-8-16(9-11-20)21(24)23-17-5-3-6-18(14-17)28-15-19-7-4-13-27-19/h2-3,5-6,8-11,14,19,22H,1,4,7,12-13,15H2,(H,23,24)/t19-/m1/s1. The summed E-state index contributed by atoms with van der Waals surface area (Å²) in [5.74, 6) is 0.303. The summed E-state index contributed by atoms with van der Waals surface area (Å²) >= 11 is 0. The van der Waals surface area contributed by atoms with Gasteiger partial charge in [0.05, 0.1) is 11.0 Å². The molecule has 0 spiro atoms. The van der Waals surface area contributed by atoms with Crippen LogP contribution in [0.2, 0.25) is 0 Å². The first-order valence-corrected chi connectivity index (χ1v) is 10.8. The Bertz CT molecular complexity index is 951. The van der Waals surface area contributed by atoms with Crippen molar-refractivity contribution in [2.45, 2.75) is 23.8 Å². The molecule has 8 heteroatoms. The normalized spacial score (nSPS) is 16.3. The fourth-order valence-electron chi connectivity index (χ4n) is 2.87. The van der Waals surface area contributed by atoms with Gasteiger partial charge in [0.15, 0.2) is 0 Å². The molecular weight excluding hydrogens is 392 g/mol. The van der Waals surface area contributed by atoms with E-state index in [0.717, 1.165) is 19.4 Å². The minimum atomic E-state index is -3.62. The van der Waals surface area contributed by atoms with Crippen LogP contribution in [-0.4, -0.2) is 40.2 Å². The number of carbonyl (C=O) groups excluding carboxylic acids is 1. The number of sulfonamides is 1. The molecule has 29 heavy (non-hydrogen) atoms. The summed E-state index contributed by atoms with van der Waals surface area (Å²) in [7, 11) is -3.62. The molecule has 1 fully saturated rings. The molecule has 1 saturated heterocycles. The zero-order valence-corrected chi connectivity index (χ0v) is 16.8. The third-order valence-corrected chi connectivity index (χ3v) is 5.84. The summed E-state index contributed by atoms with van der Waals surface area (Å²) in [5, 5.41) is 2.79. The molecule has 0 unspecified atom stereocenters. The summed E-state index contributed by atoms with van der Waals surface area (Å²) in [6.45, 7) is 4.86. The Kier molecular flexibility index (Phi) is 7.03. The highest BCUT2D eigenvalue weighted by Gasteiger charge is 2.16. The van der Waals surface area contributed by atoms with Crippen LogP contribution in [0.1, 0.15) is 23.2 Å². The molecule has 0 aliphatic carbocycles. The maximum absolute atomic E-state index is 12.5. The van der Waals surface area contributed by atoms with Gasteiger partial charge in [-0.2, -0.15) is 0 Å².